The number of hydrogen-bond acceptors (Lipinski definition) is 5. The summed E-state index contributed by atoms with van der Waals surface area (Å²) in [6.45, 7) is 0.655. The maximum atomic E-state index is 12.0. The molecule has 22 heavy (non-hydrogen) atoms. The second-order valence-corrected chi connectivity index (χ2v) is 6.14. The summed E-state index contributed by atoms with van der Waals surface area (Å²) in [6.07, 6.45) is 0. The number of hydrogen-bond donors (Lipinski definition) is 1. The molecule has 0 spiro atoms. The lowest BCUT2D eigenvalue weighted by molar-refractivity contribution is -0.125. The highest BCUT2D eigenvalue weighted by molar-refractivity contribution is 7.09. The van der Waals surface area contributed by atoms with E-state index in [9.17, 15) is 4.79 Å². The highest BCUT2D eigenvalue weighted by Gasteiger charge is 2.26. The van der Waals surface area contributed by atoms with Crippen LogP contribution in [0.1, 0.15) is 4.88 Å². The van der Waals surface area contributed by atoms with Gasteiger partial charge in [0, 0.05) is 9.90 Å². The van der Waals surface area contributed by atoms with Crippen LogP contribution in [0, 0.1) is 0 Å². The number of benzene rings is 1. The molecule has 0 saturated carbocycles. The lowest BCUT2D eigenvalue weighted by Gasteiger charge is -2.20. The molecule has 0 fully saturated rings. The molecule has 3 rings (SSSR count). The number of halogens is 1. The summed E-state index contributed by atoms with van der Waals surface area (Å²) in [6, 6.07) is 9.22. The first-order valence-corrected chi connectivity index (χ1v) is 7.91. The lowest BCUT2D eigenvalue weighted by atomic mass is 10.3. The molecule has 7 heteroatoms. The Morgan fingerprint density at radius 1 is 1.45 bits per heavy atom. The van der Waals surface area contributed by atoms with Crippen molar-refractivity contribution in [3.63, 3.8) is 0 Å². The fourth-order valence-corrected chi connectivity index (χ4v) is 3.02. The number of carbonyl (C=O) groups excluding carboxylic acids is 1. The van der Waals surface area contributed by atoms with Gasteiger partial charge in [-0.05, 0) is 29.6 Å². The highest BCUT2D eigenvalue weighted by atomic mass is 35.5. The van der Waals surface area contributed by atoms with Gasteiger partial charge in [0.2, 0.25) is 5.96 Å². The van der Waals surface area contributed by atoms with Crippen molar-refractivity contribution in [3.05, 3.63) is 45.6 Å². The molecule has 1 aromatic carbocycles. The molecule has 0 atom stereocenters. The van der Waals surface area contributed by atoms with E-state index < -0.39 is 0 Å². The van der Waals surface area contributed by atoms with Gasteiger partial charge in [-0.25, -0.2) is 4.99 Å². The number of amides is 1. The van der Waals surface area contributed by atoms with Gasteiger partial charge in [0.15, 0.2) is 0 Å². The Morgan fingerprint density at radius 3 is 3.05 bits per heavy atom. The second-order valence-electron chi connectivity index (χ2n) is 4.67. The lowest BCUT2D eigenvalue weighted by Crippen LogP contribution is -2.36. The number of guanidine groups is 1. The molecule has 0 bridgehead atoms. The number of carbonyl (C=O) groups is 1. The fraction of sp³-hybridized carbons (Fsp3) is 0.200. The Morgan fingerprint density at radius 2 is 2.32 bits per heavy atom. The van der Waals surface area contributed by atoms with Crippen LogP contribution in [0.25, 0.3) is 0 Å². The van der Waals surface area contributed by atoms with E-state index in [-0.39, 0.29) is 12.5 Å². The summed E-state index contributed by atoms with van der Waals surface area (Å²) in [5, 5.41) is 5.71. The van der Waals surface area contributed by atoms with Gasteiger partial charge in [0.1, 0.15) is 12.3 Å². The molecule has 114 valence electrons. The van der Waals surface area contributed by atoms with Crippen LogP contribution in [-0.4, -0.2) is 30.4 Å². The van der Waals surface area contributed by atoms with Crippen LogP contribution in [0.2, 0.25) is 5.02 Å². The predicted octanol–water partition coefficient (Wildman–Crippen LogP) is 3.22. The van der Waals surface area contributed by atoms with Gasteiger partial charge in [-0.3, -0.25) is 9.69 Å². The molecule has 0 saturated heterocycles. The number of nitrogens with zero attached hydrogens (tertiary/aromatic N) is 2. The largest absolute Gasteiger partial charge is 0.495 e. The summed E-state index contributed by atoms with van der Waals surface area (Å²) >= 11 is 7.63. The first kappa shape index (κ1) is 14.9. The number of thiophene rings is 1. The minimum atomic E-state index is -0.0307. The van der Waals surface area contributed by atoms with Crippen molar-refractivity contribution in [2.45, 2.75) is 6.54 Å². The maximum absolute atomic E-state index is 12.0. The second kappa shape index (κ2) is 6.37. The highest BCUT2D eigenvalue weighted by Crippen LogP contribution is 2.28. The van der Waals surface area contributed by atoms with E-state index in [1.54, 1.807) is 41.5 Å². The van der Waals surface area contributed by atoms with E-state index in [2.05, 4.69) is 10.3 Å². The number of anilines is 1. The van der Waals surface area contributed by atoms with Gasteiger partial charge in [-0.1, -0.05) is 17.7 Å². The van der Waals surface area contributed by atoms with Crippen molar-refractivity contribution in [2.24, 2.45) is 4.99 Å². The smallest absolute Gasteiger partial charge is 0.251 e. The normalized spacial score (nSPS) is 14.2. The van der Waals surface area contributed by atoms with Crippen molar-refractivity contribution in [1.29, 1.82) is 0 Å². The molecular weight excluding hydrogens is 322 g/mol. The van der Waals surface area contributed by atoms with Crippen molar-refractivity contribution in [2.75, 3.05) is 19.0 Å². The number of ether oxygens (including phenoxy) is 1. The predicted molar refractivity (Wildman–Crippen MR) is 88.8 cm³/mol. The van der Waals surface area contributed by atoms with Crippen LogP contribution in [0.5, 0.6) is 5.75 Å². The monoisotopic (exact) mass is 335 g/mol. The zero-order valence-electron chi connectivity index (χ0n) is 11.9. The average Bonchev–Trinajstić information content (AvgIpc) is 3.13. The third-order valence-electron chi connectivity index (χ3n) is 3.22. The van der Waals surface area contributed by atoms with Crippen LogP contribution in [0.15, 0.2) is 40.7 Å². The van der Waals surface area contributed by atoms with Crippen molar-refractivity contribution in [3.8, 4) is 5.75 Å². The van der Waals surface area contributed by atoms with Gasteiger partial charge in [-0.2, -0.15) is 0 Å². The standard InChI is InChI=1S/C15H14ClN3O2S/c1-21-13-5-4-10(16)7-12(13)18-15-17-8-14(20)19(15)9-11-3-2-6-22-11/h2-7H,8-9H2,1H3,(H,17,18). The molecule has 2 heterocycles. The summed E-state index contributed by atoms with van der Waals surface area (Å²) < 4.78 is 5.30. The Kier molecular flexibility index (Phi) is 4.31. The first-order chi connectivity index (χ1) is 10.7. The van der Waals surface area contributed by atoms with Gasteiger partial charge >= 0.3 is 0 Å². The Labute approximate surface area is 137 Å². The number of aliphatic imine (C=N–C) groups is 1. The molecule has 1 amide bonds. The van der Waals surface area contributed by atoms with E-state index in [1.165, 1.54) is 0 Å². The zero-order chi connectivity index (χ0) is 15.5. The van der Waals surface area contributed by atoms with Crippen LogP contribution in [0.3, 0.4) is 0 Å². The van der Waals surface area contributed by atoms with E-state index in [0.717, 1.165) is 4.88 Å². The van der Waals surface area contributed by atoms with E-state index in [4.69, 9.17) is 16.3 Å². The first-order valence-electron chi connectivity index (χ1n) is 6.65. The topological polar surface area (TPSA) is 53.9 Å². The summed E-state index contributed by atoms with van der Waals surface area (Å²) in [4.78, 5) is 19.0. The van der Waals surface area contributed by atoms with Crippen molar-refractivity contribution < 1.29 is 9.53 Å². The number of methoxy groups -OCH3 is 1. The fourth-order valence-electron chi connectivity index (χ4n) is 2.16. The maximum Gasteiger partial charge on any atom is 0.251 e. The number of rotatable bonds is 4. The average molecular weight is 336 g/mol. The van der Waals surface area contributed by atoms with Crippen LogP contribution in [-0.2, 0) is 11.3 Å². The molecule has 0 radical (unpaired) electrons. The summed E-state index contributed by atoms with van der Waals surface area (Å²) in [5.74, 6) is 1.12. The Bertz CT molecular complexity index is 716. The zero-order valence-corrected chi connectivity index (χ0v) is 13.4. The van der Waals surface area contributed by atoms with Crippen molar-refractivity contribution in [1.82, 2.24) is 4.90 Å². The summed E-state index contributed by atoms with van der Waals surface area (Å²) in [5.41, 5.74) is 0.680. The number of nitrogens with one attached hydrogen (secondary N) is 1. The Balaban J connectivity index is 1.81. The van der Waals surface area contributed by atoms with Gasteiger partial charge in [0.25, 0.3) is 5.91 Å². The molecule has 5 nitrogen and oxygen atoms in total. The van der Waals surface area contributed by atoms with Gasteiger partial charge in [-0.15, -0.1) is 11.3 Å². The minimum Gasteiger partial charge on any atom is -0.495 e. The van der Waals surface area contributed by atoms with E-state index in [1.807, 2.05) is 17.5 Å². The molecular formula is C15H14ClN3O2S. The molecule has 1 aliphatic heterocycles. The molecule has 1 aromatic heterocycles. The molecule has 0 unspecified atom stereocenters. The SMILES string of the molecule is COc1ccc(Cl)cc1NC1=NCC(=O)N1Cc1cccs1. The van der Waals surface area contributed by atoms with Gasteiger partial charge in [0.05, 0.1) is 19.3 Å². The quantitative estimate of drug-likeness (QED) is 0.933. The third kappa shape index (κ3) is 3.08. The minimum absolute atomic E-state index is 0.0307. The Hall–Kier alpha value is -2.05. The van der Waals surface area contributed by atoms with Crippen LogP contribution < -0.4 is 10.1 Å². The molecule has 1 aliphatic rings. The van der Waals surface area contributed by atoms with Gasteiger partial charge < -0.3 is 10.1 Å². The molecule has 1 N–H and O–H groups in total. The van der Waals surface area contributed by atoms with Crippen LogP contribution in [0.4, 0.5) is 5.69 Å². The van der Waals surface area contributed by atoms with E-state index >= 15 is 0 Å². The van der Waals surface area contributed by atoms with E-state index in [0.29, 0.717) is 29.0 Å². The molecule has 2 aromatic rings. The summed E-state index contributed by atoms with van der Waals surface area (Å²) in [7, 11) is 1.58. The molecule has 0 aliphatic carbocycles. The van der Waals surface area contributed by atoms with Crippen LogP contribution >= 0.6 is 22.9 Å². The third-order valence-corrected chi connectivity index (χ3v) is 4.32. The van der Waals surface area contributed by atoms with Crippen molar-refractivity contribution >= 4 is 40.5 Å².